The SMILES string of the molecule is CC(C)(C)C1C(O)CCN1C(=O)OC(=O)OC(=O)N1CCC(O)C1C(C)(C)C. The summed E-state index contributed by atoms with van der Waals surface area (Å²) in [7, 11) is 0. The molecule has 2 heterocycles. The lowest BCUT2D eigenvalue weighted by molar-refractivity contribution is 0.0196. The van der Waals surface area contributed by atoms with Gasteiger partial charge in [0.15, 0.2) is 0 Å². The van der Waals surface area contributed by atoms with Crippen LogP contribution in [0.3, 0.4) is 0 Å². The number of hydrogen-bond acceptors (Lipinski definition) is 7. The molecule has 0 bridgehead atoms. The van der Waals surface area contributed by atoms with E-state index in [4.69, 9.17) is 9.47 Å². The average Bonchev–Trinajstić information content (AvgIpc) is 3.09. The molecule has 0 aliphatic carbocycles. The molecule has 9 nitrogen and oxygen atoms in total. The molecule has 9 heteroatoms. The Hall–Kier alpha value is -1.87. The summed E-state index contributed by atoms with van der Waals surface area (Å²) in [6.07, 6.45) is -4.01. The smallest absolute Gasteiger partial charge is 0.391 e. The summed E-state index contributed by atoms with van der Waals surface area (Å²) < 4.78 is 9.38. The zero-order valence-electron chi connectivity index (χ0n) is 17.5. The van der Waals surface area contributed by atoms with Crippen molar-refractivity contribution < 1.29 is 34.1 Å². The third-order valence-corrected chi connectivity index (χ3v) is 5.32. The van der Waals surface area contributed by atoms with Gasteiger partial charge in [-0.1, -0.05) is 41.5 Å². The van der Waals surface area contributed by atoms with Crippen LogP contribution >= 0.6 is 0 Å². The van der Waals surface area contributed by atoms with E-state index in [9.17, 15) is 24.6 Å². The van der Waals surface area contributed by atoms with Crippen LogP contribution in [-0.4, -0.2) is 75.7 Å². The molecule has 2 fully saturated rings. The molecule has 2 aliphatic rings. The highest BCUT2D eigenvalue weighted by Gasteiger charge is 2.46. The van der Waals surface area contributed by atoms with Crippen molar-refractivity contribution in [1.29, 1.82) is 0 Å². The van der Waals surface area contributed by atoms with E-state index in [1.165, 1.54) is 9.80 Å². The lowest BCUT2D eigenvalue weighted by Gasteiger charge is -2.36. The Morgan fingerprint density at radius 2 is 1.07 bits per heavy atom. The van der Waals surface area contributed by atoms with Crippen LogP contribution in [0, 0.1) is 10.8 Å². The van der Waals surface area contributed by atoms with Crippen LogP contribution in [-0.2, 0) is 9.47 Å². The third-order valence-electron chi connectivity index (χ3n) is 5.32. The highest BCUT2D eigenvalue weighted by molar-refractivity contribution is 5.87. The van der Waals surface area contributed by atoms with E-state index < -0.39 is 53.5 Å². The van der Waals surface area contributed by atoms with Gasteiger partial charge in [-0.3, -0.25) is 0 Å². The Balaban J connectivity index is 1.98. The van der Waals surface area contributed by atoms with E-state index in [2.05, 4.69) is 0 Å². The molecule has 0 spiro atoms. The summed E-state index contributed by atoms with van der Waals surface area (Å²) in [5.74, 6) is 0. The molecule has 160 valence electrons. The van der Waals surface area contributed by atoms with E-state index in [0.29, 0.717) is 12.8 Å². The van der Waals surface area contributed by atoms with Crippen LogP contribution in [0.2, 0.25) is 0 Å². The van der Waals surface area contributed by atoms with Crippen molar-refractivity contribution >= 4 is 18.3 Å². The summed E-state index contributed by atoms with van der Waals surface area (Å²) in [5, 5.41) is 20.3. The number of hydrogen-bond donors (Lipinski definition) is 2. The second kappa shape index (κ2) is 7.87. The predicted molar refractivity (Wildman–Crippen MR) is 99.5 cm³/mol. The van der Waals surface area contributed by atoms with Gasteiger partial charge in [0.1, 0.15) is 0 Å². The van der Waals surface area contributed by atoms with Gasteiger partial charge < -0.3 is 29.5 Å². The number of carbonyl (C=O) groups excluding carboxylic acids is 3. The predicted octanol–water partition coefficient (Wildman–Crippen LogP) is 2.34. The average molecular weight is 400 g/mol. The minimum Gasteiger partial charge on any atom is -0.391 e. The molecule has 2 amide bonds. The number of aliphatic hydroxyl groups is 2. The fourth-order valence-electron chi connectivity index (χ4n) is 4.33. The van der Waals surface area contributed by atoms with Crippen molar-refractivity contribution in [3.05, 3.63) is 0 Å². The van der Waals surface area contributed by atoms with Gasteiger partial charge in [-0.25, -0.2) is 14.4 Å². The highest BCUT2D eigenvalue weighted by Crippen LogP contribution is 2.34. The third kappa shape index (κ3) is 4.75. The van der Waals surface area contributed by atoms with Gasteiger partial charge in [-0.05, 0) is 23.7 Å². The van der Waals surface area contributed by atoms with Gasteiger partial charge in [0.2, 0.25) is 0 Å². The second-order valence-corrected chi connectivity index (χ2v) is 9.71. The highest BCUT2D eigenvalue weighted by atomic mass is 16.8. The largest absolute Gasteiger partial charge is 0.526 e. The Labute approximate surface area is 165 Å². The second-order valence-electron chi connectivity index (χ2n) is 9.71. The minimum atomic E-state index is -1.42. The van der Waals surface area contributed by atoms with E-state index in [-0.39, 0.29) is 13.1 Å². The van der Waals surface area contributed by atoms with Gasteiger partial charge in [-0.15, -0.1) is 0 Å². The number of ether oxygens (including phenoxy) is 2. The van der Waals surface area contributed by atoms with Crippen LogP contribution in [0.1, 0.15) is 54.4 Å². The van der Waals surface area contributed by atoms with Crippen molar-refractivity contribution in [2.24, 2.45) is 10.8 Å². The molecule has 4 atom stereocenters. The Kier molecular flexibility index (Phi) is 6.30. The number of amides is 2. The summed E-state index contributed by atoms with van der Waals surface area (Å²) in [6.45, 7) is 11.7. The van der Waals surface area contributed by atoms with Crippen LogP contribution in [0.25, 0.3) is 0 Å². The van der Waals surface area contributed by atoms with Crippen molar-refractivity contribution in [3.63, 3.8) is 0 Å². The molecular weight excluding hydrogens is 368 g/mol. The maximum atomic E-state index is 12.4. The van der Waals surface area contributed by atoms with Crippen molar-refractivity contribution in [2.75, 3.05) is 13.1 Å². The van der Waals surface area contributed by atoms with Gasteiger partial charge in [0.05, 0.1) is 24.3 Å². The minimum absolute atomic E-state index is 0.244. The normalized spacial score (nSPS) is 28.4. The molecule has 0 aromatic rings. The van der Waals surface area contributed by atoms with E-state index >= 15 is 0 Å². The number of rotatable bonds is 0. The molecule has 4 unspecified atom stereocenters. The molecule has 28 heavy (non-hydrogen) atoms. The quantitative estimate of drug-likeness (QED) is 0.473. The monoisotopic (exact) mass is 400 g/mol. The van der Waals surface area contributed by atoms with E-state index in [1.54, 1.807) is 0 Å². The Bertz CT molecular complexity index is 571. The molecule has 0 radical (unpaired) electrons. The van der Waals surface area contributed by atoms with Crippen LogP contribution in [0.15, 0.2) is 0 Å². The number of nitrogens with zero attached hydrogens (tertiary/aromatic N) is 2. The topological polar surface area (TPSA) is 117 Å². The zero-order valence-corrected chi connectivity index (χ0v) is 17.5. The fraction of sp³-hybridized carbons (Fsp3) is 0.842. The van der Waals surface area contributed by atoms with Gasteiger partial charge in [0, 0.05) is 13.1 Å². The molecule has 2 saturated heterocycles. The Morgan fingerprint density at radius 3 is 1.36 bits per heavy atom. The van der Waals surface area contributed by atoms with Gasteiger partial charge >= 0.3 is 18.3 Å². The molecule has 0 saturated carbocycles. The first-order valence-corrected chi connectivity index (χ1v) is 9.60. The molecule has 2 N–H and O–H groups in total. The van der Waals surface area contributed by atoms with E-state index in [1.807, 2.05) is 41.5 Å². The molecular formula is C19H32N2O7. The molecule has 2 rings (SSSR count). The van der Waals surface area contributed by atoms with Gasteiger partial charge in [-0.2, -0.15) is 0 Å². The van der Waals surface area contributed by atoms with Crippen molar-refractivity contribution in [3.8, 4) is 0 Å². The Morgan fingerprint density at radius 1 is 0.750 bits per heavy atom. The van der Waals surface area contributed by atoms with Crippen LogP contribution in [0.5, 0.6) is 0 Å². The van der Waals surface area contributed by atoms with Crippen molar-refractivity contribution in [1.82, 2.24) is 9.80 Å². The van der Waals surface area contributed by atoms with E-state index in [0.717, 1.165) is 0 Å². The lowest BCUT2D eigenvalue weighted by Crippen LogP contribution is -2.49. The summed E-state index contributed by atoms with van der Waals surface area (Å²) in [5.41, 5.74) is -0.833. The van der Waals surface area contributed by atoms with Crippen LogP contribution in [0.4, 0.5) is 14.4 Å². The fourth-order valence-corrected chi connectivity index (χ4v) is 4.33. The first kappa shape index (κ1) is 22.4. The number of carbonyl (C=O) groups is 3. The number of aliphatic hydroxyl groups excluding tert-OH is 2. The maximum Gasteiger partial charge on any atom is 0.526 e. The first-order chi connectivity index (χ1) is 12.7. The lowest BCUT2D eigenvalue weighted by atomic mass is 9.84. The van der Waals surface area contributed by atoms with Crippen molar-refractivity contribution in [2.45, 2.75) is 78.7 Å². The molecule has 0 aromatic carbocycles. The number of likely N-dealkylation sites (tertiary alicyclic amines) is 2. The molecule has 2 aliphatic heterocycles. The van der Waals surface area contributed by atoms with Crippen LogP contribution < -0.4 is 0 Å². The standard InChI is InChI=1S/C19H32N2O7/c1-18(2,3)13-11(22)7-9-20(13)15(24)27-17(26)28-16(25)21-10-8-12(23)14(21)19(4,5)6/h11-14,22-23H,7-10H2,1-6H3. The zero-order chi connectivity index (χ0) is 21.4. The maximum absolute atomic E-state index is 12.4. The summed E-state index contributed by atoms with van der Waals surface area (Å²) >= 11 is 0. The summed E-state index contributed by atoms with van der Waals surface area (Å²) in [4.78, 5) is 39.3. The summed E-state index contributed by atoms with van der Waals surface area (Å²) in [6, 6.07) is -1.02. The molecule has 0 aromatic heterocycles. The van der Waals surface area contributed by atoms with Gasteiger partial charge in [0.25, 0.3) is 0 Å². The first-order valence-electron chi connectivity index (χ1n) is 9.60.